The van der Waals surface area contributed by atoms with Crippen molar-refractivity contribution in [2.75, 3.05) is 32.7 Å². The quantitative estimate of drug-likeness (QED) is 0.778. The molecular weight excluding hydrogens is 398 g/mol. The number of carbonyl (C=O) groups excluding carboxylic acids is 1. The minimum atomic E-state index is -3.66. The minimum Gasteiger partial charge on any atom is -0.339 e. The second-order valence-electron chi connectivity index (χ2n) is 6.73. The first-order chi connectivity index (χ1) is 13.4. The number of nitrogens with one attached hydrogen (secondary N) is 1. The molecule has 1 N–H and O–H groups in total. The third kappa shape index (κ3) is 4.72. The molecule has 0 bridgehead atoms. The molecule has 1 aliphatic heterocycles. The molecule has 150 valence electrons. The molecule has 8 heteroatoms. The highest BCUT2D eigenvalue weighted by atomic mass is 35.5. The van der Waals surface area contributed by atoms with Crippen LogP contribution in [0.15, 0.2) is 59.5 Å². The van der Waals surface area contributed by atoms with Crippen LogP contribution < -0.4 is 5.32 Å². The number of carbonyl (C=O) groups is 1. The zero-order chi connectivity index (χ0) is 20.1. The molecule has 0 unspecified atom stereocenters. The van der Waals surface area contributed by atoms with Crippen molar-refractivity contribution >= 4 is 27.5 Å². The summed E-state index contributed by atoms with van der Waals surface area (Å²) < 4.78 is 27.0. The highest BCUT2D eigenvalue weighted by Gasteiger charge is 2.31. The summed E-state index contributed by atoms with van der Waals surface area (Å²) >= 11 is 6.05. The third-order valence-corrected chi connectivity index (χ3v) is 7.30. The predicted molar refractivity (Wildman–Crippen MR) is 110 cm³/mol. The van der Waals surface area contributed by atoms with E-state index < -0.39 is 10.0 Å². The van der Waals surface area contributed by atoms with Gasteiger partial charge in [-0.2, -0.15) is 4.31 Å². The molecule has 1 atom stereocenters. The fraction of sp³-hybridized carbons (Fsp3) is 0.350. The van der Waals surface area contributed by atoms with Crippen LogP contribution in [0.4, 0.5) is 0 Å². The summed E-state index contributed by atoms with van der Waals surface area (Å²) in [7, 11) is -3.66. The average molecular weight is 422 g/mol. The van der Waals surface area contributed by atoms with E-state index in [-0.39, 0.29) is 41.5 Å². The van der Waals surface area contributed by atoms with Gasteiger partial charge in [-0.05, 0) is 24.6 Å². The number of piperazine rings is 1. The smallest absolute Gasteiger partial charge is 0.244 e. The van der Waals surface area contributed by atoms with Gasteiger partial charge in [-0.25, -0.2) is 8.42 Å². The maximum absolute atomic E-state index is 12.8. The zero-order valence-corrected chi connectivity index (χ0v) is 17.3. The van der Waals surface area contributed by atoms with E-state index >= 15 is 0 Å². The lowest BCUT2D eigenvalue weighted by molar-refractivity contribution is -0.131. The summed E-state index contributed by atoms with van der Waals surface area (Å²) in [4.78, 5) is 14.3. The Morgan fingerprint density at radius 3 is 2.29 bits per heavy atom. The largest absolute Gasteiger partial charge is 0.339 e. The second kappa shape index (κ2) is 9.05. The Hall–Kier alpha value is -1.93. The van der Waals surface area contributed by atoms with Crippen molar-refractivity contribution in [2.24, 2.45) is 0 Å². The highest BCUT2D eigenvalue weighted by Crippen LogP contribution is 2.25. The summed E-state index contributed by atoms with van der Waals surface area (Å²) in [5.41, 5.74) is 1.12. The number of nitrogens with zero attached hydrogens (tertiary/aromatic N) is 2. The summed E-state index contributed by atoms with van der Waals surface area (Å²) in [6, 6.07) is 16.4. The summed E-state index contributed by atoms with van der Waals surface area (Å²) in [6.45, 7) is 3.47. The van der Waals surface area contributed by atoms with E-state index in [0.29, 0.717) is 13.1 Å². The van der Waals surface area contributed by atoms with E-state index in [2.05, 4.69) is 5.32 Å². The van der Waals surface area contributed by atoms with Crippen LogP contribution in [-0.2, 0) is 14.8 Å². The lowest BCUT2D eigenvalue weighted by Crippen LogP contribution is -2.52. The number of sulfonamides is 1. The van der Waals surface area contributed by atoms with Gasteiger partial charge < -0.3 is 10.2 Å². The van der Waals surface area contributed by atoms with Crippen molar-refractivity contribution in [3.05, 3.63) is 65.2 Å². The number of hydrogen-bond donors (Lipinski definition) is 1. The predicted octanol–water partition coefficient (Wildman–Crippen LogP) is 2.52. The van der Waals surface area contributed by atoms with Crippen molar-refractivity contribution in [2.45, 2.75) is 17.9 Å². The van der Waals surface area contributed by atoms with Gasteiger partial charge in [0.05, 0.1) is 11.6 Å². The Morgan fingerprint density at radius 1 is 1.04 bits per heavy atom. The Balaban J connectivity index is 1.53. The lowest BCUT2D eigenvalue weighted by atomic mass is 10.1. The van der Waals surface area contributed by atoms with Crippen molar-refractivity contribution in [1.29, 1.82) is 0 Å². The normalized spacial score (nSPS) is 16.7. The van der Waals surface area contributed by atoms with Gasteiger partial charge in [0, 0.05) is 32.2 Å². The van der Waals surface area contributed by atoms with Gasteiger partial charge in [0.25, 0.3) is 0 Å². The molecule has 0 saturated carbocycles. The molecule has 2 aromatic rings. The van der Waals surface area contributed by atoms with Crippen molar-refractivity contribution < 1.29 is 13.2 Å². The Morgan fingerprint density at radius 2 is 1.64 bits per heavy atom. The SMILES string of the molecule is C[C@@H](NCC(=O)N1CCN(S(=O)(=O)c2ccccc2Cl)CC1)c1ccccc1. The minimum absolute atomic E-state index is 0.0300. The van der Waals surface area contributed by atoms with Crippen LogP contribution in [0.3, 0.4) is 0 Å². The van der Waals surface area contributed by atoms with Gasteiger partial charge in [0.15, 0.2) is 0 Å². The van der Waals surface area contributed by atoms with E-state index in [9.17, 15) is 13.2 Å². The van der Waals surface area contributed by atoms with Gasteiger partial charge in [-0.1, -0.05) is 54.1 Å². The highest BCUT2D eigenvalue weighted by molar-refractivity contribution is 7.89. The summed E-state index contributed by atoms with van der Waals surface area (Å²) in [5, 5.41) is 3.44. The van der Waals surface area contributed by atoms with Gasteiger partial charge >= 0.3 is 0 Å². The average Bonchev–Trinajstić information content (AvgIpc) is 2.72. The van der Waals surface area contributed by atoms with Crippen LogP contribution in [0.5, 0.6) is 0 Å². The van der Waals surface area contributed by atoms with E-state index in [0.717, 1.165) is 5.56 Å². The van der Waals surface area contributed by atoms with Crippen LogP contribution in [-0.4, -0.2) is 56.3 Å². The van der Waals surface area contributed by atoms with E-state index in [1.165, 1.54) is 10.4 Å². The first kappa shape index (κ1) is 20.8. The first-order valence-corrected chi connectivity index (χ1v) is 11.0. The molecule has 0 aliphatic carbocycles. The van der Waals surface area contributed by atoms with Crippen LogP contribution in [0.2, 0.25) is 5.02 Å². The Kier molecular flexibility index (Phi) is 6.72. The molecule has 1 aliphatic rings. The molecule has 0 aromatic heterocycles. The standard InChI is InChI=1S/C20H24ClN3O3S/c1-16(17-7-3-2-4-8-17)22-15-20(25)23-11-13-24(14-12-23)28(26,27)19-10-6-5-9-18(19)21/h2-10,16,22H,11-15H2,1H3/t16-/m1/s1. The van der Waals surface area contributed by atoms with Gasteiger partial charge in [-0.15, -0.1) is 0 Å². The van der Waals surface area contributed by atoms with Gasteiger partial charge in [-0.3, -0.25) is 4.79 Å². The van der Waals surface area contributed by atoms with Crippen molar-refractivity contribution in [3.8, 4) is 0 Å². The number of rotatable bonds is 6. The summed E-state index contributed by atoms with van der Waals surface area (Å²) in [6.07, 6.45) is 0. The van der Waals surface area contributed by atoms with Crippen LogP contribution in [0, 0.1) is 0 Å². The van der Waals surface area contributed by atoms with E-state index in [4.69, 9.17) is 11.6 Å². The van der Waals surface area contributed by atoms with Gasteiger partial charge in [0.2, 0.25) is 15.9 Å². The zero-order valence-electron chi connectivity index (χ0n) is 15.7. The molecule has 6 nitrogen and oxygen atoms in total. The third-order valence-electron chi connectivity index (χ3n) is 4.90. The fourth-order valence-electron chi connectivity index (χ4n) is 3.18. The molecule has 1 heterocycles. The van der Waals surface area contributed by atoms with Gasteiger partial charge in [0.1, 0.15) is 4.90 Å². The number of amides is 1. The number of hydrogen-bond acceptors (Lipinski definition) is 4. The first-order valence-electron chi connectivity index (χ1n) is 9.20. The molecule has 3 rings (SSSR count). The van der Waals surface area contributed by atoms with Crippen molar-refractivity contribution in [1.82, 2.24) is 14.5 Å². The molecule has 1 amide bonds. The Bertz CT molecular complexity index is 913. The fourth-order valence-corrected chi connectivity index (χ4v) is 5.10. The second-order valence-corrected chi connectivity index (χ2v) is 9.04. The molecule has 28 heavy (non-hydrogen) atoms. The maximum atomic E-state index is 12.8. The van der Waals surface area contributed by atoms with Crippen LogP contribution in [0.1, 0.15) is 18.5 Å². The monoisotopic (exact) mass is 421 g/mol. The molecule has 2 aromatic carbocycles. The molecule has 0 radical (unpaired) electrons. The molecule has 1 saturated heterocycles. The number of benzene rings is 2. The van der Waals surface area contributed by atoms with Crippen molar-refractivity contribution in [3.63, 3.8) is 0 Å². The topological polar surface area (TPSA) is 69.7 Å². The van der Waals surface area contributed by atoms with Crippen LogP contribution in [0.25, 0.3) is 0 Å². The molecule has 0 spiro atoms. The molecule has 1 fully saturated rings. The van der Waals surface area contributed by atoms with E-state index in [1.807, 2.05) is 37.3 Å². The Labute approximate surface area is 171 Å². The summed E-state index contributed by atoms with van der Waals surface area (Å²) in [5.74, 6) is -0.0300. The lowest BCUT2D eigenvalue weighted by Gasteiger charge is -2.34. The van der Waals surface area contributed by atoms with Crippen LogP contribution >= 0.6 is 11.6 Å². The maximum Gasteiger partial charge on any atom is 0.244 e. The van der Waals surface area contributed by atoms with E-state index in [1.54, 1.807) is 23.1 Å². The number of halogens is 1. The molecular formula is C20H24ClN3O3S.